The standard InChI is InChI=1S/C13H18ClN3O/c1-8-9(14)3-4-10(15)11(8)17-6-5-13(2,7-17)12(16)18/h3-4H,5-7,15H2,1-2H3,(H2,16,18). The fourth-order valence-corrected chi connectivity index (χ4v) is 2.62. The summed E-state index contributed by atoms with van der Waals surface area (Å²) < 4.78 is 0. The Morgan fingerprint density at radius 3 is 2.72 bits per heavy atom. The molecule has 1 saturated heterocycles. The zero-order valence-corrected chi connectivity index (χ0v) is 11.4. The average molecular weight is 268 g/mol. The highest BCUT2D eigenvalue weighted by Gasteiger charge is 2.39. The number of carbonyl (C=O) groups is 1. The Kier molecular flexibility index (Phi) is 3.15. The first-order valence-electron chi connectivity index (χ1n) is 5.94. The van der Waals surface area contributed by atoms with Crippen LogP contribution in [0.15, 0.2) is 12.1 Å². The van der Waals surface area contributed by atoms with Gasteiger partial charge in [-0.05, 0) is 38.0 Å². The van der Waals surface area contributed by atoms with Crippen molar-refractivity contribution in [2.24, 2.45) is 11.1 Å². The smallest absolute Gasteiger partial charge is 0.225 e. The predicted octanol–water partition coefficient (Wildman–Crippen LogP) is 1.93. The lowest BCUT2D eigenvalue weighted by Gasteiger charge is -2.25. The van der Waals surface area contributed by atoms with Gasteiger partial charge < -0.3 is 16.4 Å². The molecule has 1 unspecified atom stereocenters. The zero-order chi connectivity index (χ0) is 13.5. The van der Waals surface area contributed by atoms with Crippen molar-refractivity contribution in [1.29, 1.82) is 0 Å². The van der Waals surface area contributed by atoms with Gasteiger partial charge in [0.15, 0.2) is 0 Å². The molecule has 1 heterocycles. The van der Waals surface area contributed by atoms with Crippen LogP contribution in [0.5, 0.6) is 0 Å². The summed E-state index contributed by atoms with van der Waals surface area (Å²) in [6.07, 6.45) is 0.744. The van der Waals surface area contributed by atoms with Gasteiger partial charge in [0.1, 0.15) is 0 Å². The van der Waals surface area contributed by atoms with Crippen molar-refractivity contribution in [3.8, 4) is 0 Å². The van der Waals surface area contributed by atoms with Gasteiger partial charge in [-0.15, -0.1) is 0 Å². The minimum absolute atomic E-state index is 0.261. The molecule has 1 aromatic carbocycles. The number of primary amides is 1. The van der Waals surface area contributed by atoms with Gasteiger partial charge in [-0.25, -0.2) is 0 Å². The summed E-state index contributed by atoms with van der Waals surface area (Å²) in [5.74, 6) is -0.261. The number of hydrogen-bond acceptors (Lipinski definition) is 3. The monoisotopic (exact) mass is 267 g/mol. The highest BCUT2D eigenvalue weighted by atomic mass is 35.5. The van der Waals surface area contributed by atoms with E-state index in [0.717, 1.165) is 24.2 Å². The summed E-state index contributed by atoms with van der Waals surface area (Å²) in [4.78, 5) is 13.6. The lowest BCUT2D eigenvalue weighted by atomic mass is 9.89. The number of benzene rings is 1. The van der Waals surface area contributed by atoms with Crippen LogP contribution >= 0.6 is 11.6 Å². The van der Waals surface area contributed by atoms with Crippen molar-refractivity contribution in [3.05, 3.63) is 22.7 Å². The maximum Gasteiger partial charge on any atom is 0.225 e. The van der Waals surface area contributed by atoms with Crippen LogP contribution in [-0.4, -0.2) is 19.0 Å². The summed E-state index contributed by atoms with van der Waals surface area (Å²) in [5, 5.41) is 0.687. The highest BCUT2D eigenvalue weighted by Crippen LogP contribution is 2.39. The van der Waals surface area contributed by atoms with E-state index in [0.29, 0.717) is 17.3 Å². The van der Waals surface area contributed by atoms with Gasteiger partial charge in [0.2, 0.25) is 5.91 Å². The normalized spacial score (nSPS) is 23.4. The van der Waals surface area contributed by atoms with E-state index < -0.39 is 5.41 Å². The molecule has 1 fully saturated rings. The van der Waals surface area contributed by atoms with E-state index in [1.165, 1.54) is 0 Å². The third-order valence-electron chi connectivity index (χ3n) is 3.78. The molecule has 1 atom stereocenters. The summed E-state index contributed by atoms with van der Waals surface area (Å²) >= 11 is 6.12. The number of nitrogen functional groups attached to an aromatic ring is 1. The van der Waals surface area contributed by atoms with Crippen LogP contribution in [0, 0.1) is 12.3 Å². The van der Waals surface area contributed by atoms with E-state index in [1.54, 1.807) is 12.1 Å². The first kappa shape index (κ1) is 13.0. The van der Waals surface area contributed by atoms with Gasteiger partial charge in [0.05, 0.1) is 16.8 Å². The SMILES string of the molecule is Cc1c(Cl)ccc(N)c1N1CCC(C)(C(N)=O)C1. The maximum atomic E-state index is 11.5. The minimum Gasteiger partial charge on any atom is -0.397 e. The molecule has 1 aliphatic rings. The van der Waals surface area contributed by atoms with Crippen LogP contribution in [0.1, 0.15) is 18.9 Å². The second-order valence-corrected chi connectivity index (χ2v) is 5.61. The lowest BCUT2D eigenvalue weighted by Crippen LogP contribution is -2.37. The zero-order valence-electron chi connectivity index (χ0n) is 10.7. The van der Waals surface area contributed by atoms with Crippen molar-refractivity contribution in [2.45, 2.75) is 20.3 Å². The molecule has 0 radical (unpaired) electrons. The van der Waals surface area contributed by atoms with E-state index in [9.17, 15) is 4.79 Å². The predicted molar refractivity (Wildman–Crippen MR) is 74.7 cm³/mol. The number of nitrogens with two attached hydrogens (primary N) is 2. The number of amides is 1. The fourth-order valence-electron chi connectivity index (χ4n) is 2.47. The van der Waals surface area contributed by atoms with E-state index in [1.807, 2.05) is 13.8 Å². The van der Waals surface area contributed by atoms with Crippen LogP contribution in [0.4, 0.5) is 11.4 Å². The molecule has 0 spiro atoms. The van der Waals surface area contributed by atoms with Crippen molar-refractivity contribution in [1.82, 2.24) is 0 Å². The number of anilines is 2. The van der Waals surface area contributed by atoms with Crippen LogP contribution in [0.25, 0.3) is 0 Å². The van der Waals surface area contributed by atoms with E-state index >= 15 is 0 Å². The van der Waals surface area contributed by atoms with Gasteiger partial charge >= 0.3 is 0 Å². The Bertz CT molecular complexity index is 503. The number of rotatable bonds is 2. The maximum absolute atomic E-state index is 11.5. The molecule has 0 saturated carbocycles. The largest absolute Gasteiger partial charge is 0.397 e. The molecule has 1 aromatic rings. The topological polar surface area (TPSA) is 72.3 Å². The van der Waals surface area contributed by atoms with Crippen molar-refractivity contribution in [3.63, 3.8) is 0 Å². The Morgan fingerprint density at radius 1 is 1.50 bits per heavy atom. The van der Waals surface area contributed by atoms with E-state index in [2.05, 4.69) is 4.90 Å². The first-order chi connectivity index (χ1) is 8.35. The second kappa shape index (κ2) is 4.35. The summed E-state index contributed by atoms with van der Waals surface area (Å²) in [5.41, 5.74) is 13.5. The van der Waals surface area contributed by atoms with Crippen LogP contribution in [0.2, 0.25) is 5.02 Å². The second-order valence-electron chi connectivity index (χ2n) is 5.21. The van der Waals surface area contributed by atoms with Crippen LogP contribution < -0.4 is 16.4 Å². The Morgan fingerprint density at radius 2 is 2.17 bits per heavy atom. The lowest BCUT2D eigenvalue weighted by molar-refractivity contribution is -0.125. The summed E-state index contributed by atoms with van der Waals surface area (Å²) in [6.45, 7) is 5.19. The molecule has 0 aliphatic carbocycles. The quantitative estimate of drug-likeness (QED) is 0.805. The molecular formula is C13H18ClN3O. The van der Waals surface area contributed by atoms with Gasteiger partial charge in [0, 0.05) is 18.1 Å². The van der Waals surface area contributed by atoms with Gasteiger partial charge in [-0.3, -0.25) is 4.79 Å². The number of hydrogen-bond donors (Lipinski definition) is 2. The average Bonchev–Trinajstić information content (AvgIpc) is 2.69. The molecule has 4 N–H and O–H groups in total. The minimum atomic E-state index is -0.485. The molecule has 98 valence electrons. The molecule has 2 rings (SSSR count). The first-order valence-corrected chi connectivity index (χ1v) is 6.32. The molecule has 5 heteroatoms. The molecule has 18 heavy (non-hydrogen) atoms. The van der Waals surface area contributed by atoms with Crippen LogP contribution in [-0.2, 0) is 4.79 Å². The molecule has 1 aliphatic heterocycles. The third-order valence-corrected chi connectivity index (χ3v) is 4.19. The molecule has 1 amide bonds. The molecular weight excluding hydrogens is 250 g/mol. The van der Waals surface area contributed by atoms with Crippen LogP contribution in [0.3, 0.4) is 0 Å². The highest BCUT2D eigenvalue weighted by molar-refractivity contribution is 6.32. The third kappa shape index (κ3) is 2.01. The van der Waals surface area contributed by atoms with Crippen molar-refractivity contribution >= 4 is 28.9 Å². The van der Waals surface area contributed by atoms with E-state index in [-0.39, 0.29) is 5.91 Å². The number of carbonyl (C=O) groups excluding carboxylic acids is 1. The van der Waals surface area contributed by atoms with Gasteiger partial charge in [-0.1, -0.05) is 11.6 Å². The van der Waals surface area contributed by atoms with Gasteiger partial charge in [0.25, 0.3) is 0 Å². The Balaban J connectivity index is 2.36. The Hall–Kier alpha value is -1.42. The van der Waals surface area contributed by atoms with Gasteiger partial charge in [-0.2, -0.15) is 0 Å². The fraction of sp³-hybridized carbons (Fsp3) is 0.462. The van der Waals surface area contributed by atoms with Crippen molar-refractivity contribution in [2.75, 3.05) is 23.7 Å². The van der Waals surface area contributed by atoms with Crippen molar-refractivity contribution < 1.29 is 4.79 Å². The molecule has 0 bridgehead atoms. The molecule has 4 nitrogen and oxygen atoms in total. The summed E-state index contributed by atoms with van der Waals surface area (Å²) in [7, 11) is 0. The summed E-state index contributed by atoms with van der Waals surface area (Å²) in [6, 6.07) is 3.59. The Labute approximate surface area is 112 Å². The van der Waals surface area contributed by atoms with E-state index in [4.69, 9.17) is 23.1 Å². The number of halogens is 1. The molecule has 0 aromatic heterocycles. The number of nitrogens with zero attached hydrogens (tertiary/aromatic N) is 1.